The number of hydrogen-bond donors (Lipinski definition) is 2. The second-order valence-electron chi connectivity index (χ2n) is 6.92. The van der Waals surface area contributed by atoms with Crippen LogP contribution in [-0.4, -0.2) is 18.6 Å². The normalized spacial score (nSPS) is 12.5. The maximum Gasteiger partial charge on any atom is 0.220 e. The third-order valence-electron chi connectivity index (χ3n) is 3.44. The van der Waals surface area contributed by atoms with Crippen molar-refractivity contribution in [3.05, 3.63) is 29.8 Å². The summed E-state index contributed by atoms with van der Waals surface area (Å²) in [5.41, 5.74) is 6.33. The molecule has 0 heterocycles. The van der Waals surface area contributed by atoms with Crippen molar-refractivity contribution in [3.63, 3.8) is 0 Å². The van der Waals surface area contributed by atoms with E-state index in [1.165, 1.54) is 0 Å². The standard InChI is InChI=1S/C18H30N2O2.ClH/c1-13(2)12-22-16-9-7-15(8-10-16)18(4,5)20-17(21)11-6-14(3)19;/h7-10,13-14H,6,11-12,19H2,1-5H3,(H,20,21);1H. The molecular formula is C18H31ClN2O2. The van der Waals surface area contributed by atoms with E-state index >= 15 is 0 Å². The van der Waals surface area contributed by atoms with Gasteiger partial charge in [-0.3, -0.25) is 4.79 Å². The van der Waals surface area contributed by atoms with E-state index in [0.717, 1.165) is 11.3 Å². The van der Waals surface area contributed by atoms with Crippen LogP contribution in [0.15, 0.2) is 24.3 Å². The average Bonchev–Trinajstić information content (AvgIpc) is 2.43. The van der Waals surface area contributed by atoms with E-state index in [1.807, 2.05) is 45.0 Å². The van der Waals surface area contributed by atoms with E-state index in [0.29, 0.717) is 25.4 Å². The summed E-state index contributed by atoms with van der Waals surface area (Å²) in [7, 11) is 0. The van der Waals surface area contributed by atoms with Crippen LogP contribution < -0.4 is 15.8 Å². The van der Waals surface area contributed by atoms with Crippen LogP contribution in [0.25, 0.3) is 0 Å². The summed E-state index contributed by atoms with van der Waals surface area (Å²) in [6.45, 7) is 10.9. The molecule has 0 aromatic heterocycles. The maximum atomic E-state index is 12.0. The van der Waals surface area contributed by atoms with Gasteiger partial charge in [-0.25, -0.2) is 0 Å². The number of ether oxygens (including phenoxy) is 1. The van der Waals surface area contributed by atoms with E-state index < -0.39 is 5.54 Å². The largest absolute Gasteiger partial charge is 0.493 e. The van der Waals surface area contributed by atoms with E-state index in [2.05, 4.69) is 19.2 Å². The third kappa shape index (κ3) is 8.24. The monoisotopic (exact) mass is 342 g/mol. The lowest BCUT2D eigenvalue weighted by molar-refractivity contribution is -0.122. The van der Waals surface area contributed by atoms with Gasteiger partial charge in [0.1, 0.15) is 5.75 Å². The van der Waals surface area contributed by atoms with Gasteiger partial charge in [-0.2, -0.15) is 0 Å². The topological polar surface area (TPSA) is 64.3 Å². The number of carbonyl (C=O) groups excluding carboxylic acids is 1. The summed E-state index contributed by atoms with van der Waals surface area (Å²) in [4.78, 5) is 12.0. The van der Waals surface area contributed by atoms with Gasteiger partial charge in [-0.1, -0.05) is 26.0 Å². The molecule has 0 spiro atoms. The fourth-order valence-electron chi connectivity index (χ4n) is 2.07. The van der Waals surface area contributed by atoms with Crippen molar-refractivity contribution >= 4 is 18.3 Å². The molecule has 1 rings (SSSR count). The van der Waals surface area contributed by atoms with Gasteiger partial charge in [-0.15, -0.1) is 12.4 Å². The zero-order valence-corrected chi connectivity index (χ0v) is 15.7. The molecule has 0 saturated carbocycles. The molecule has 4 nitrogen and oxygen atoms in total. The van der Waals surface area contributed by atoms with Crippen molar-refractivity contribution in [1.29, 1.82) is 0 Å². The first kappa shape index (κ1) is 21.7. The number of carbonyl (C=O) groups is 1. The predicted molar refractivity (Wildman–Crippen MR) is 98.1 cm³/mol. The Morgan fingerprint density at radius 1 is 1.22 bits per heavy atom. The summed E-state index contributed by atoms with van der Waals surface area (Å²) >= 11 is 0. The van der Waals surface area contributed by atoms with Crippen molar-refractivity contribution in [3.8, 4) is 5.75 Å². The van der Waals surface area contributed by atoms with Crippen LogP contribution in [-0.2, 0) is 10.3 Å². The first-order chi connectivity index (χ1) is 10.2. The highest BCUT2D eigenvalue weighted by Crippen LogP contribution is 2.23. The number of nitrogens with two attached hydrogens (primary N) is 1. The number of benzene rings is 1. The highest BCUT2D eigenvalue weighted by Gasteiger charge is 2.22. The highest BCUT2D eigenvalue weighted by molar-refractivity contribution is 5.85. The zero-order chi connectivity index (χ0) is 16.8. The van der Waals surface area contributed by atoms with Crippen LogP contribution in [0.1, 0.15) is 53.0 Å². The molecule has 0 fully saturated rings. The first-order valence-corrected chi connectivity index (χ1v) is 8.00. The number of rotatable bonds is 8. The van der Waals surface area contributed by atoms with Crippen LogP contribution in [0.5, 0.6) is 5.75 Å². The van der Waals surface area contributed by atoms with E-state index in [1.54, 1.807) is 0 Å². The van der Waals surface area contributed by atoms with E-state index in [-0.39, 0.29) is 24.4 Å². The number of amides is 1. The molecule has 1 amide bonds. The molecule has 132 valence electrons. The molecule has 0 bridgehead atoms. The Kier molecular flexibility index (Phi) is 9.25. The molecule has 23 heavy (non-hydrogen) atoms. The second kappa shape index (κ2) is 9.78. The summed E-state index contributed by atoms with van der Waals surface area (Å²) in [5, 5.41) is 3.06. The Labute approximate surface area is 146 Å². The van der Waals surface area contributed by atoms with Crippen molar-refractivity contribution in [2.75, 3.05) is 6.61 Å². The number of hydrogen-bond acceptors (Lipinski definition) is 3. The van der Waals surface area contributed by atoms with Crippen LogP contribution in [0.4, 0.5) is 0 Å². The molecule has 1 aromatic rings. The lowest BCUT2D eigenvalue weighted by Gasteiger charge is -2.27. The minimum absolute atomic E-state index is 0. The van der Waals surface area contributed by atoms with Gasteiger partial charge in [0.2, 0.25) is 5.91 Å². The second-order valence-corrected chi connectivity index (χ2v) is 6.92. The molecule has 0 aliphatic heterocycles. The molecule has 3 N–H and O–H groups in total. The van der Waals surface area contributed by atoms with Gasteiger partial charge in [0.05, 0.1) is 12.1 Å². The predicted octanol–water partition coefficient (Wildman–Crippen LogP) is 3.62. The minimum atomic E-state index is -0.411. The Bertz CT molecular complexity index is 470. The Balaban J connectivity index is 0.00000484. The Morgan fingerprint density at radius 2 is 1.78 bits per heavy atom. The van der Waals surface area contributed by atoms with Crippen molar-refractivity contribution < 1.29 is 9.53 Å². The first-order valence-electron chi connectivity index (χ1n) is 8.00. The number of halogens is 1. The number of nitrogens with one attached hydrogen (secondary N) is 1. The Morgan fingerprint density at radius 3 is 2.26 bits per heavy atom. The molecule has 1 unspecified atom stereocenters. The molecule has 1 aromatic carbocycles. The van der Waals surface area contributed by atoms with Gasteiger partial charge in [-0.05, 0) is 50.8 Å². The van der Waals surface area contributed by atoms with Gasteiger partial charge in [0, 0.05) is 12.5 Å². The van der Waals surface area contributed by atoms with E-state index in [4.69, 9.17) is 10.5 Å². The minimum Gasteiger partial charge on any atom is -0.493 e. The summed E-state index contributed by atoms with van der Waals surface area (Å²) in [6, 6.07) is 7.95. The summed E-state index contributed by atoms with van der Waals surface area (Å²) in [6.07, 6.45) is 1.15. The van der Waals surface area contributed by atoms with Crippen molar-refractivity contribution in [2.24, 2.45) is 11.7 Å². The molecule has 0 aliphatic rings. The quantitative estimate of drug-likeness (QED) is 0.758. The van der Waals surface area contributed by atoms with Crippen molar-refractivity contribution in [1.82, 2.24) is 5.32 Å². The van der Waals surface area contributed by atoms with Crippen LogP contribution in [0, 0.1) is 5.92 Å². The molecular weight excluding hydrogens is 312 g/mol. The van der Waals surface area contributed by atoms with Crippen LogP contribution in [0.3, 0.4) is 0 Å². The van der Waals surface area contributed by atoms with Gasteiger partial charge < -0.3 is 15.8 Å². The summed E-state index contributed by atoms with van der Waals surface area (Å²) in [5.74, 6) is 1.39. The highest BCUT2D eigenvalue weighted by atomic mass is 35.5. The molecule has 0 radical (unpaired) electrons. The van der Waals surface area contributed by atoms with Crippen molar-refractivity contribution in [2.45, 2.75) is 59.0 Å². The fraction of sp³-hybridized carbons (Fsp3) is 0.611. The fourth-order valence-corrected chi connectivity index (χ4v) is 2.07. The van der Waals surface area contributed by atoms with E-state index in [9.17, 15) is 4.79 Å². The van der Waals surface area contributed by atoms with Gasteiger partial charge in [0.15, 0.2) is 0 Å². The molecule has 1 atom stereocenters. The third-order valence-corrected chi connectivity index (χ3v) is 3.44. The lowest BCUT2D eigenvalue weighted by Crippen LogP contribution is -2.41. The summed E-state index contributed by atoms with van der Waals surface area (Å²) < 4.78 is 5.68. The Hall–Kier alpha value is -1.26. The lowest BCUT2D eigenvalue weighted by atomic mass is 9.94. The molecule has 0 aliphatic carbocycles. The van der Waals surface area contributed by atoms with Crippen LogP contribution >= 0.6 is 12.4 Å². The SMILES string of the molecule is CC(C)COc1ccc(C(C)(C)NC(=O)CCC(C)N)cc1.Cl. The molecule has 0 saturated heterocycles. The van der Waals surface area contributed by atoms with Gasteiger partial charge in [0.25, 0.3) is 0 Å². The van der Waals surface area contributed by atoms with Crippen LogP contribution in [0.2, 0.25) is 0 Å². The van der Waals surface area contributed by atoms with Gasteiger partial charge >= 0.3 is 0 Å². The zero-order valence-electron chi connectivity index (χ0n) is 14.9. The maximum absolute atomic E-state index is 12.0. The average molecular weight is 343 g/mol. The smallest absolute Gasteiger partial charge is 0.220 e. The molecule has 5 heteroatoms.